The third-order valence-electron chi connectivity index (χ3n) is 3.25. The Morgan fingerprint density at radius 1 is 1.36 bits per heavy atom. The molecular formula is C12H14ClNO6S2. The maximum absolute atomic E-state index is 12.4. The van der Waals surface area contributed by atoms with Crippen molar-refractivity contribution in [3.8, 4) is 0 Å². The molecule has 0 amide bonds. The van der Waals surface area contributed by atoms with Crippen LogP contribution < -0.4 is 4.72 Å². The van der Waals surface area contributed by atoms with Crippen molar-refractivity contribution in [2.75, 3.05) is 11.5 Å². The SMILES string of the molecule is O=C(O)c1ccc(Cl)cc1S(=O)(=O)NC1CCCS(=O)(=O)C1. The minimum Gasteiger partial charge on any atom is -0.478 e. The van der Waals surface area contributed by atoms with E-state index in [1.807, 2.05) is 0 Å². The molecule has 1 aromatic carbocycles. The van der Waals surface area contributed by atoms with E-state index < -0.39 is 42.3 Å². The molecular weight excluding hydrogens is 354 g/mol. The highest BCUT2D eigenvalue weighted by molar-refractivity contribution is 7.91. The van der Waals surface area contributed by atoms with Gasteiger partial charge < -0.3 is 5.11 Å². The largest absolute Gasteiger partial charge is 0.478 e. The lowest BCUT2D eigenvalue weighted by molar-refractivity contribution is 0.0692. The van der Waals surface area contributed by atoms with Gasteiger partial charge in [0.05, 0.1) is 22.0 Å². The highest BCUT2D eigenvalue weighted by atomic mass is 35.5. The van der Waals surface area contributed by atoms with E-state index in [0.717, 1.165) is 12.1 Å². The molecule has 1 unspecified atom stereocenters. The molecule has 0 bridgehead atoms. The van der Waals surface area contributed by atoms with Crippen molar-refractivity contribution in [2.45, 2.75) is 23.8 Å². The Balaban J connectivity index is 2.35. The van der Waals surface area contributed by atoms with Crippen LogP contribution in [0.4, 0.5) is 0 Å². The van der Waals surface area contributed by atoms with Crippen LogP contribution in [0.5, 0.6) is 0 Å². The van der Waals surface area contributed by atoms with Gasteiger partial charge in [0.15, 0.2) is 9.84 Å². The number of hydrogen-bond acceptors (Lipinski definition) is 5. The molecule has 1 saturated heterocycles. The first kappa shape index (κ1) is 17.2. The van der Waals surface area contributed by atoms with E-state index in [-0.39, 0.29) is 16.5 Å². The number of aromatic carboxylic acids is 1. The van der Waals surface area contributed by atoms with Gasteiger partial charge in [-0.05, 0) is 31.0 Å². The molecule has 7 nitrogen and oxygen atoms in total. The summed E-state index contributed by atoms with van der Waals surface area (Å²) in [6.45, 7) is 0. The monoisotopic (exact) mass is 367 g/mol. The molecule has 0 radical (unpaired) electrons. The van der Waals surface area contributed by atoms with Crippen LogP contribution in [0.2, 0.25) is 5.02 Å². The summed E-state index contributed by atoms with van der Waals surface area (Å²) in [5.74, 6) is -1.67. The molecule has 10 heteroatoms. The Kier molecular flexibility index (Phi) is 4.81. The van der Waals surface area contributed by atoms with Gasteiger partial charge in [-0.25, -0.2) is 26.4 Å². The summed E-state index contributed by atoms with van der Waals surface area (Å²) in [6, 6.07) is 2.63. The zero-order chi connectivity index (χ0) is 16.5. The van der Waals surface area contributed by atoms with E-state index >= 15 is 0 Å². The van der Waals surface area contributed by atoms with Crippen molar-refractivity contribution in [2.24, 2.45) is 0 Å². The summed E-state index contributed by atoms with van der Waals surface area (Å²) >= 11 is 5.73. The molecule has 0 saturated carbocycles. The van der Waals surface area contributed by atoms with E-state index in [1.165, 1.54) is 6.07 Å². The molecule has 0 spiro atoms. The molecule has 1 aliphatic rings. The first-order valence-electron chi connectivity index (χ1n) is 6.36. The fraction of sp³-hybridized carbons (Fsp3) is 0.417. The van der Waals surface area contributed by atoms with Gasteiger partial charge >= 0.3 is 5.97 Å². The molecule has 1 aliphatic heterocycles. The average molecular weight is 368 g/mol. The van der Waals surface area contributed by atoms with E-state index in [1.54, 1.807) is 0 Å². The summed E-state index contributed by atoms with van der Waals surface area (Å²) in [5, 5.41) is 9.15. The van der Waals surface area contributed by atoms with Crippen LogP contribution in [0, 0.1) is 0 Å². The van der Waals surface area contributed by atoms with Crippen molar-refractivity contribution in [1.29, 1.82) is 0 Å². The molecule has 22 heavy (non-hydrogen) atoms. The van der Waals surface area contributed by atoms with Crippen molar-refractivity contribution < 1.29 is 26.7 Å². The molecule has 122 valence electrons. The summed E-state index contributed by atoms with van der Waals surface area (Å²) in [6.07, 6.45) is 0.734. The summed E-state index contributed by atoms with van der Waals surface area (Å²) in [5.41, 5.74) is -0.421. The number of rotatable bonds is 4. The first-order chi connectivity index (χ1) is 10.1. The number of nitrogens with one attached hydrogen (secondary N) is 1. The Bertz CT molecular complexity index is 803. The third-order valence-corrected chi connectivity index (χ3v) is 6.86. The lowest BCUT2D eigenvalue weighted by Crippen LogP contribution is -2.43. The zero-order valence-corrected chi connectivity index (χ0v) is 13.7. The van der Waals surface area contributed by atoms with Gasteiger partial charge in [0.2, 0.25) is 10.0 Å². The van der Waals surface area contributed by atoms with Crippen molar-refractivity contribution in [3.63, 3.8) is 0 Å². The van der Waals surface area contributed by atoms with Gasteiger partial charge in [-0.2, -0.15) is 0 Å². The van der Waals surface area contributed by atoms with Gasteiger partial charge in [0.25, 0.3) is 0 Å². The quantitative estimate of drug-likeness (QED) is 0.816. The fourth-order valence-electron chi connectivity index (χ4n) is 2.29. The molecule has 1 heterocycles. The number of carbonyl (C=O) groups is 1. The van der Waals surface area contributed by atoms with Gasteiger partial charge in [-0.1, -0.05) is 11.6 Å². The molecule has 1 aromatic rings. The maximum Gasteiger partial charge on any atom is 0.337 e. The number of sulfone groups is 1. The smallest absolute Gasteiger partial charge is 0.337 e. The molecule has 1 atom stereocenters. The minimum atomic E-state index is -4.19. The Morgan fingerprint density at radius 2 is 2.05 bits per heavy atom. The van der Waals surface area contributed by atoms with E-state index in [2.05, 4.69) is 4.72 Å². The topological polar surface area (TPSA) is 118 Å². The van der Waals surface area contributed by atoms with Crippen LogP contribution in [0.1, 0.15) is 23.2 Å². The predicted octanol–water partition coefficient (Wildman–Crippen LogP) is 0.894. The zero-order valence-electron chi connectivity index (χ0n) is 11.3. The van der Waals surface area contributed by atoms with Gasteiger partial charge in [0, 0.05) is 11.1 Å². The first-order valence-corrected chi connectivity index (χ1v) is 10.0. The summed E-state index contributed by atoms with van der Waals surface area (Å²) in [7, 11) is -7.48. The van der Waals surface area contributed by atoms with E-state index in [9.17, 15) is 21.6 Å². The van der Waals surface area contributed by atoms with Gasteiger partial charge in [-0.15, -0.1) is 0 Å². The number of benzene rings is 1. The highest BCUT2D eigenvalue weighted by Crippen LogP contribution is 2.22. The van der Waals surface area contributed by atoms with Crippen molar-refractivity contribution in [3.05, 3.63) is 28.8 Å². The number of hydrogen-bond donors (Lipinski definition) is 2. The number of halogens is 1. The number of sulfonamides is 1. The standard InChI is InChI=1S/C12H14ClNO6S2/c13-8-3-4-10(12(15)16)11(6-8)22(19,20)14-9-2-1-5-21(17,18)7-9/h3-4,6,9,14H,1-2,5,7H2,(H,15,16). The summed E-state index contributed by atoms with van der Waals surface area (Å²) < 4.78 is 50.1. The van der Waals surface area contributed by atoms with Gasteiger partial charge in [-0.3, -0.25) is 0 Å². The van der Waals surface area contributed by atoms with Crippen LogP contribution in [0.15, 0.2) is 23.1 Å². The second-order valence-corrected chi connectivity index (χ2v) is 9.37. The van der Waals surface area contributed by atoms with Crippen LogP contribution in [-0.2, 0) is 19.9 Å². The van der Waals surface area contributed by atoms with Crippen molar-refractivity contribution >= 4 is 37.4 Å². The van der Waals surface area contributed by atoms with Crippen LogP contribution in [0.25, 0.3) is 0 Å². The lowest BCUT2D eigenvalue weighted by atomic mass is 10.2. The lowest BCUT2D eigenvalue weighted by Gasteiger charge is -2.23. The molecule has 1 fully saturated rings. The Hall–Kier alpha value is -1.16. The normalized spacial score (nSPS) is 21.4. The van der Waals surface area contributed by atoms with Gasteiger partial charge in [0.1, 0.15) is 0 Å². The van der Waals surface area contributed by atoms with Crippen molar-refractivity contribution in [1.82, 2.24) is 4.72 Å². The van der Waals surface area contributed by atoms with E-state index in [4.69, 9.17) is 16.7 Å². The molecule has 0 aromatic heterocycles. The summed E-state index contributed by atoms with van der Waals surface area (Å²) in [4.78, 5) is 10.7. The molecule has 0 aliphatic carbocycles. The van der Waals surface area contributed by atoms with Crippen LogP contribution in [-0.4, -0.2) is 45.5 Å². The van der Waals surface area contributed by atoms with E-state index in [0.29, 0.717) is 12.8 Å². The third kappa shape index (κ3) is 3.97. The Morgan fingerprint density at radius 3 is 2.64 bits per heavy atom. The Labute approximate surface area is 133 Å². The maximum atomic E-state index is 12.4. The predicted molar refractivity (Wildman–Crippen MR) is 80.4 cm³/mol. The molecule has 2 rings (SSSR count). The minimum absolute atomic E-state index is 0.0305. The second kappa shape index (κ2) is 6.15. The van der Waals surface area contributed by atoms with Crippen LogP contribution in [0.3, 0.4) is 0 Å². The number of carboxylic acids is 1. The second-order valence-electron chi connectivity index (χ2n) is 5.02. The fourth-order valence-corrected chi connectivity index (χ4v) is 5.77. The highest BCUT2D eigenvalue weighted by Gasteiger charge is 2.30. The average Bonchev–Trinajstić information content (AvgIpc) is 2.36. The number of carboxylic acid groups (broad SMARTS) is 1. The van der Waals surface area contributed by atoms with Crippen LogP contribution >= 0.6 is 11.6 Å². The molecule has 2 N–H and O–H groups in total.